The Bertz CT molecular complexity index is 504. The van der Waals surface area contributed by atoms with Crippen molar-refractivity contribution in [2.24, 2.45) is 5.73 Å². The molecule has 6 heteroatoms. The van der Waals surface area contributed by atoms with Crippen molar-refractivity contribution in [3.8, 4) is 0 Å². The average Bonchev–Trinajstić information content (AvgIpc) is 2.41. The van der Waals surface area contributed by atoms with Gasteiger partial charge in [0.05, 0.1) is 6.42 Å². The summed E-state index contributed by atoms with van der Waals surface area (Å²) in [6.45, 7) is 2.59. The molecule has 0 saturated carbocycles. The van der Waals surface area contributed by atoms with Crippen molar-refractivity contribution in [1.82, 2.24) is 10.2 Å². The normalized spacial score (nSPS) is 19.7. The maximum atomic E-state index is 11.5. The summed E-state index contributed by atoms with van der Waals surface area (Å²) in [6, 6.07) is 7.07. The lowest BCUT2D eigenvalue weighted by Gasteiger charge is -2.34. The molecule has 0 aromatic heterocycles. The Morgan fingerprint density at radius 1 is 1.35 bits per heavy atom. The van der Waals surface area contributed by atoms with Crippen molar-refractivity contribution in [1.29, 1.82) is 0 Å². The van der Waals surface area contributed by atoms with Gasteiger partial charge in [-0.2, -0.15) is 0 Å². The average molecular weight is 277 g/mol. The van der Waals surface area contributed by atoms with Crippen molar-refractivity contribution in [2.75, 3.05) is 19.6 Å². The minimum atomic E-state index is -0.857. The van der Waals surface area contributed by atoms with Gasteiger partial charge >= 0.3 is 5.97 Å². The Labute approximate surface area is 117 Å². The minimum absolute atomic E-state index is 0.0104. The number of nitrogens with two attached hydrogens (primary N) is 1. The van der Waals surface area contributed by atoms with E-state index in [-0.39, 0.29) is 18.4 Å². The highest BCUT2D eigenvalue weighted by Crippen LogP contribution is 2.15. The third-order valence-electron chi connectivity index (χ3n) is 3.52. The molecule has 1 aromatic rings. The molecule has 1 aromatic carbocycles. The van der Waals surface area contributed by atoms with Crippen LogP contribution in [0.25, 0.3) is 0 Å². The van der Waals surface area contributed by atoms with Gasteiger partial charge in [0.2, 0.25) is 5.91 Å². The fraction of sp³-hybridized carbons (Fsp3) is 0.429. The molecular formula is C14H19N3O3. The Morgan fingerprint density at radius 2 is 2.05 bits per heavy atom. The lowest BCUT2D eigenvalue weighted by atomic mass is 10.0. The van der Waals surface area contributed by atoms with Crippen molar-refractivity contribution in [3.05, 3.63) is 35.4 Å². The minimum Gasteiger partial charge on any atom is -0.481 e. The van der Waals surface area contributed by atoms with Crippen molar-refractivity contribution < 1.29 is 14.7 Å². The highest BCUT2D eigenvalue weighted by atomic mass is 16.4. The molecule has 0 spiro atoms. The molecule has 20 heavy (non-hydrogen) atoms. The van der Waals surface area contributed by atoms with Gasteiger partial charge in [0, 0.05) is 26.2 Å². The standard InChI is InChI=1S/C14H19N3O3/c15-14(20)12-8-16-5-6-17(12)9-11-4-2-1-3-10(11)7-13(18)19/h1-4,12,16H,5-9H2,(H2,15,20)(H,18,19). The molecule has 2 rings (SSSR count). The molecule has 0 aliphatic carbocycles. The summed E-state index contributed by atoms with van der Waals surface area (Å²) in [7, 11) is 0. The van der Waals surface area contributed by atoms with E-state index in [1.807, 2.05) is 29.2 Å². The number of hydrogen-bond acceptors (Lipinski definition) is 4. The van der Waals surface area contributed by atoms with Crippen molar-refractivity contribution in [3.63, 3.8) is 0 Å². The number of piperazine rings is 1. The number of carbonyl (C=O) groups is 2. The van der Waals surface area contributed by atoms with E-state index in [0.717, 1.165) is 24.2 Å². The van der Waals surface area contributed by atoms with E-state index < -0.39 is 5.97 Å². The number of aliphatic carboxylic acids is 1. The number of rotatable bonds is 5. The molecule has 0 bridgehead atoms. The number of carboxylic acid groups (broad SMARTS) is 1. The second-order valence-electron chi connectivity index (χ2n) is 4.93. The monoisotopic (exact) mass is 277 g/mol. The molecule has 1 fully saturated rings. The van der Waals surface area contributed by atoms with Gasteiger partial charge in [0.15, 0.2) is 0 Å². The van der Waals surface area contributed by atoms with Gasteiger partial charge in [0.25, 0.3) is 0 Å². The third kappa shape index (κ3) is 3.55. The zero-order valence-electron chi connectivity index (χ0n) is 11.2. The van der Waals surface area contributed by atoms with Gasteiger partial charge in [-0.15, -0.1) is 0 Å². The SMILES string of the molecule is NC(=O)C1CNCCN1Cc1ccccc1CC(=O)O. The molecule has 1 aliphatic rings. The smallest absolute Gasteiger partial charge is 0.307 e. The maximum Gasteiger partial charge on any atom is 0.307 e. The van der Waals surface area contributed by atoms with Crippen LogP contribution in [-0.2, 0) is 22.6 Å². The van der Waals surface area contributed by atoms with Crippen molar-refractivity contribution in [2.45, 2.75) is 19.0 Å². The summed E-state index contributed by atoms with van der Waals surface area (Å²) in [6.07, 6.45) is -0.0104. The summed E-state index contributed by atoms with van der Waals surface area (Å²) in [5.74, 6) is -1.21. The van der Waals surface area contributed by atoms with E-state index in [2.05, 4.69) is 5.32 Å². The maximum absolute atomic E-state index is 11.5. The Balaban J connectivity index is 2.15. The van der Waals surface area contributed by atoms with Gasteiger partial charge < -0.3 is 16.2 Å². The first-order chi connectivity index (χ1) is 9.58. The summed E-state index contributed by atoms with van der Waals surface area (Å²) < 4.78 is 0. The molecule has 1 aliphatic heterocycles. The first-order valence-electron chi connectivity index (χ1n) is 6.60. The fourth-order valence-electron chi connectivity index (χ4n) is 2.48. The molecule has 1 amide bonds. The van der Waals surface area contributed by atoms with Gasteiger partial charge in [0.1, 0.15) is 6.04 Å². The lowest BCUT2D eigenvalue weighted by Crippen LogP contribution is -2.56. The van der Waals surface area contributed by atoms with E-state index >= 15 is 0 Å². The van der Waals surface area contributed by atoms with E-state index in [0.29, 0.717) is 13.1 Å². The van der Waals surface area contributed by atoms with Gasteiger partial charge in [-0.1, -0.05) is 24.3 Å². The number of nitrogens with one attached hydrogen (secondary N) is 1. The second kappa shape index (κ2) is 6.49. The Morgan fingerprint density at radius 3 is 2.70 bits per heavy atom. The number of carboxylic acids is 1. The number of nitrogens with zero attached hydrogens (tertiary/aromatic N) is 1. The van der Waals surface area contributed by atoms with E-state index in [1.165, 1.54) is 0 Å². The lowest BCUT2D eigenvalue weighted by molar-refractivity contribution is -0.136. The number of primary amides is 1. The van der Waals surface area contributed by atoms with Crippen LogP contribution in [0.1, 0.15) is 11.1 Å². The zero-order chi connectivity index (χ0) is 14.5. The summed E-state index contributed by atoms with van der Waals surface area (Å²) in [5.41, 5.74) is 7.13. The molecule has 1 atom stereocenters. The van der Waals surface area contributed by atoms with Crippen LogP contribution >= 0.6 is 0 Å². The van der Waals surface area contributed by atoms with Gasteiger partial charge in [-0.3, -0.25) is 14.5 Å². The zero-order valence-corrected chi connectivity index (χ0v) is 11.2. The highest BCUT2D eigenvalue weighted by molar-refractivity contribution is 5.80. The molecule has 6 nitrogen and oxygen atoms in total. The van der Waals surface area contributed by atoms with Crippen LogP contribution in [0.5, 0.6) is 0 Å². The predicted molar refractivity (Wildman–Crippen MR) is 74.0 cm³/mol. The molecular weight excluding hydrogens is 258 g/mol. The third-order valence-corrected chi connectivity index (χ3v) is 3.52. The van der Waals surface area contributed by atoms with E-state index in [4.69, 9.17) is 10.8 Å². The van der Waals surface area contributed by atoms with Crippen LogP contribution in [0.2, 0.25) is 0 Å². The Hall–Kier alpha value is -1.92. The van der Waals surface area contributed by atoms with Crippen LogP contribution in [0, 0.1) is 0 Å². The topological polar surface area (TPSA) is 95.7 Å². The number of hydrogen-bond donors (Lipinski definition) is 3. The first kappa shape index (κ1) is 14.5. The summed E-state index contributed by atoms with van der Waals surface area (Å²) >= 11 is 0. The molecule has 1 unspecified atom stereocenters. The second-order valence-corrected chi connectivity index (χ2v) is 4.93. The van der Waals surface area contributed by atoms with Gasteiger partial charge in [-0.25, -0.2) is 0 Å². The first-order valence-corrected chi connectivity index (χ1v) is 6.60. The Kier molecular flexibility index (Phi) is 4.70. The molecule has 108 valence electrons. The molecule has 4 N–H and O–H groups in total. The molecule has 0 radical (unpaired) electrons. The van der Waals surface area contributed by atoms with Crippen LogP contribution in [0.3, 0.4) is 0 Å². The largest absolute Gasteiger partial charge is 0.481 e. The van der Waals surface area contributed by atoms with Crippen molar-refractivity contribution >= 4 is 11.9 Å². The fourth-order valence-corrected chi connectivity index (χ4v) is 2.48. The molecule has 1 heterocycles. The van der Waals surface area contributed by atoms with Gasteiger partial charge in [-0.05, 0) is 11.1 Å². The number of carbonyl (C=O) groups excluding carboxylic acids is 1. The van der Waals surface area contributed by atoms with Crippen LogP contribution < -0.4 is 11.1 Å². The van der Waals surface area contributed by atoms with Crippen LogP contribution in [0.4, 0.5) is 0 Å². The molecule has 1 saturated heterocycles. The van der Waals surface area contributed by atoms with Crippen LogP contribution in [-0.4, -0.2) is 47.6 Å². The van der Waals surface area contributed by atoms with E-state index in [1.54, 1.807) is 0 Å². The summed E-state index contributed by atoms with van der Waals surface area (Å²) in [4.78, 5) is 24.4. The number of amides is 1. The summed E-state index contributed by atoms with van der Waals surface area (Å²) in [5, 5.41) is 12.1. The highest BCUT2D eigenvalue weighted by Gasteiger charge is 2.27. The predicted octanol–water partition coefficient (Wildman–Crippen LogP) is -0.427. The quantitative estimate of drug-likeness (QED) is 0.679. The number of benzene rings is 1. The van der Waals surface area contributed by atoms with E-state index in [9.17, 15) is 9.59 Å². The van der Waals surface area contributed by atoms with Crippen LogP contribution in [0.15, 0.2) is 24.3 Å².